The highest BCUT2D eigenvalue weighted by Crippen LogP contribution is 2.51. The second-order valence-electron chi connectivity index (χ2n) is 21.3. The molecule has 1 saturated carbocycles. The van der Waals surface area contributed by atoms with E-state index in [-0.39, 0.29) is 70.9 Å². The van der Waals surface area contributed by atoms with E-state index in [1.165, 1.54) is 90.3 Å². The number of aromatic hydroxyl groups is 1. The van der Waals surface area contributed by atoms with E-state index in [2.05, 4.69) is 105 Å². The number of hydrogen-bond donors (Lipinski definition) is 2. The smallest absolute Gasteiger partial charge is 0.350 e. The number of halogens is 6. The topological polar surface area (TPSA) is 345 Å². The molecule has 2 saturated heterocycles. The zero-order chi connectivity index (χ0) is 79.0. The van der Waals surface area contributed by atoms with Crippen LogP contribution in [0, 0.1) is 6.92 Å². The lowest BCUT2D eigenvalue weighted by atomic mass is 10.2. The van der Waals surface area contributed by atoms with Gasteiger partial charge in [0.15, 0.2) is 75.8 Å². The first-order valence-electron chi connectivity index (χ1n) is 31.3. The molecule has 6 aromatic carbocycles. The molecule has 9 rings (SSSR count). The van der Waals surface area contributed by atoms with E-state index in [1.54, 1.807) is 87.0 Å². The molecular formula is C70H82Br6O29S. The van der Waals surface area contributed by atoms with Crippen molar-refractivity contribution in [3.63, 3.8) is 0 Å². The minimum atomic E-state index is -3.97. The first kappa shape index (κ1) is 90.8. The fourth-order valence-electron chi connectivity index (χ4n) is 9.00. The molecule has 0 aromatic heterocycles. The number of rotatable bonds is 28. The van der Waals surface area contributed by atoms with Crippen LogP contribution < -0.4 is 66.3 Å². The quantitative estimate of drug-likeness (QED) is 0.0199. The van der Waals surface area contributed by atoms with Gasteiger partial charge in [-0.05, 0) is 159 Å². The molecule has 2 N–H and O–H groups in total. The molecule has 584 valence electrons. The van der Waals surface area contributed by atoms with Gasteiger partial charge >= 0.3 is 29.8 Å². The molecular weight excluding hydrogens is 1820 g/mol. The van der Waals surface area contributed by atoms with E-state index in [0.717, 1.165) is 12.0 Å². The van der Waals surface area contributed by atoms with Crippen molar-refractivity contribution in [3.8, 4) is 86.2 Å². The summed E-state index contributed by atoms with van der Waals surface area (Å²) < 4.78 is 131. The summed E-state index contributed by atoms with van der Waals surface area (Å²) in [4.78, 5) is 57.3. The molecule has 0 bridgehead atoms. The Kier molecular flexibility index (Phi) is 38.8. The molecule has 1 aliphatic carbocycles. The number of aliphatic hydroxyl groups excluding tert-OH is 1. The first-order chi connectivity index (χ1) is 50.6. The second-order valence-corrected chi connectivity index (χ2v) is 28.3. The molecule has 2 heterocycles. The Morgan fingerprint density at radius 2 is 0.877 bits per heavy atom. The van der Waals surface area contributed by atoms with Gasteiger partial charge in [-0.2, -0.15) is 8.42 Å². The minimum Gasteiger partial charge on any atom is -0.503 e. The molecule has 29 nitrogen and oxygen atoms in total. The highest BCUT2D eigenvalue weighted by Gasteiger charge is 2.55. The Hall–Kier alpha value is -7.58. The van der Waals surface area contributed by atoms with Crippen molar-refractivity contribution in [3.05, 3.63) is 113 Å². The number of esters is 5. The van der Waals surface area contributed by atoms with Gasteiger partial charge in [0.05, 0.1) is 140 Å². The first-order valence-corrected chi connectivity index (χ1v) is 37.5. The zero-order valence-electron chi connectivity index (χ0n) is 60.1. The number of phenols is 1. The standard InChI is InChI=1S/C20H23BrO8S.C13H17BrO6.C13H15BrO5.C12H13BrO5.C8H9BrO3.C4H5BrO2/c1-13-5-7-14(8-6-13)30(23,24)28-12-11-17(20(22)27-4)29-18-15(21)9-10-16(25-2)19(18)26-3;1-17-9-5-4-8(14)11(12(9)18-2)20-10(6-7-15)13(16)19-3;1-16-9-5-4-8(14)10(11(9)17-2)19-13(6-7-13)12(15)18-3;1-15-8-4-3-7(13)10(11(8)16-2)18-9-5-6-17-12(9)14;1-11-6-4-3-5(9)7(10)8(6)12-2;5-3-1-2-7-4(3)6/h5-10,17H,11-12H2,1-4H3;4-5,10,15H,6-7H2,1-3H3;4-5H,6-7H2,1-3H3;3-4,9H,5-6H2,1-2H3;3-4,10H,1-2H3;3H,1-2H2. The SMILES string of the molecule is COC(=O)C(CCO)Oc1c(Br)ccc(OC)c1OC.COC(=O)C(CCOS(=O)(=O)c1ccc(C)cc1)Oc1c(Br)ccc(OC)c1OC.COC(=O)C1(Oc2c(Br)ccc(OC)c2OC)CC1.COc1ccc(Br)c(O)c1OC.COc1ccc(Br)c(OC2CCOC2=O)c1OC.O=C1OCCC1Br. The molecule has 3 fully saturated rings. The van der Waals surface area contributed by atoms with E-state index < -0.39 is 46.0 Å². The lowest BCUT2D eigenvalue weighted by Crippen LogP contribution is -2.31. The Balaban J connectivity index is 0.000000280. The number of aliphatic hydroxyl groups is 1. The third-order valence-electron chi connectivity index (χ3n) is 14.6. The van der Waals surface area contributed by atoms with Crippen molar-refractivity contribution in [2.45, 2.75) is 79.1 Å². The normalized spacial score (nSPS) is 14.7. The predicted molar refractivity (Wildman–Crippen MR) is 404 cm³/mol. The molecule has 0 radical (unpaired) electrons. The third kappa shape index (κ3) is 25.5. The van der Waals surface area contributed by atoms with Gasteiger partial charge in [-0.3, -0.25) is 8.98 Å². The number of benzene rings is 6. The molecule has 0 amide bonds. The maximum atomic E-state index is 12.3. The summed E-state index contributed by atoms with van der Waals surface area (Å²) in [6.45, 7) is 2.31. The van der Waals surface area contributed by atoms with Crippen LogP contribution in [0.2, 0.25) is 0 Å². The van der Waals surface area contributed by atoms with Crippen molar-refractivity contribution in [1.82, 2.24) is 0 Å². The average molecular weight is 1900 g/mol. The van der Waals surface area contributed by atoms with E-state index >= 15 is 0 Å². The summed E-state index contributed by atoms with van der Waals surface area (Å²) in [7, 11) is 14.8. The van der Waals surface area contributed by atoms with Crippen LogP contribution in [-0.4, -0.2) is 196 Å². The summed E-state index contributed by atoms with van der Waals surface area (Å²) in [5, 5.41) is 18.5. The number of hydrogen-bond acceptors (Lipinski definition) is 29. The maximum Gasteiger partial charge on any atom is 0.350 e. The number of cyclic esters (lactones) is 2. The largest absolute Gasteiger partial charge is 0.503 e. The third-order valence-corrected chi connectivity index (χ3v) is 19.9. The Labute approximate surface area is 664 Å². The summed E-state index contributed by atoms with van der Waals surface area (Å²) >= 11 is 19.7. The number of aryl methyl sites for hydroxylation is 1. The van der Waals surface area contributed by atoms with Gasteiger partial charge in [-0.25, -0.2) is 19.2 Å². The summed E-state index contributed by atoms with van der Waals surface area (Å²) in [6, 6.07) is 23.5. The number of carbonyl (C=O) groups excluding carboxylic acids is 5. The molecule has 106 heavy (non-hydrogen) atoms. The number of phenolic OH excluding ortho intramolecular Hbond substituents is 1. The summed E-state index contributed by atoms with van der Waals surface area (Å²) in [6.07, 6.45) is -0.0156. The molecule has 3 aliphatic rings. The van der Waals surface area contributed by atoms with Crippen LogP contribution in [-0.2, 0) is 62.0 Å². The van der Waals surface area contributed by atoms with Gasteiger partial charge < -0.3 is 100 Å². The molecule has 6 aromatic rings. The monoisotopic (exact) mass is 1890 g/mol. The van der Waals surface area contributed by atoms with Crippen molar-refractivity contribution >= 4 is 136 Å². The van der Waals surface area contributed by atoms with E-state index in [1.807, 2.05) is 6.92 Å². The minimum absolute atomic E-state index is 0.0286. The molecule has 4 atom stereocenters. The van der Waals surface area contributed by atoms with Crippen molar-refractivity contribution in [1.29, 1.82) is 0 Å². The Bertz CT molecular complexity index is 3990. The van der Waals surface area contributed by atoms with Crippen molar-refractivity contribution < 1.29 is 137 Å². The fourth-order valence-corrected chi connectivity index (χ4v) is 12.2. The number of methoxy groups -OCH3 is 13. The highest BCUT2D eigenvalue weighted by atomic mass is 79.9. The molecule has 0 spiro atoms. The number of ether oxygens (including phenoxy) is 19. The van der Waals surface area contributed by atoms with Crippen LogP contribution in [0.3, 0.4) is 0 Å². The van der Waals surface area contributed by atoms with E-state index in [4.69, 9.17) is 89.8 Å². The predicted octanol–water partition coefficient (Wildman–Crippen LogP) is 12.8. The maximum absolute atomic E-state index is 12.3. The average Bonchev–Trinajstić information content (AvgIpc) is 1.45. The lowest BCUT2D eigenvalue weighted by Gasteiger charge is -2.20. The van der Waals surface area contributed by atoms with Crippen molar-refractivity contribution in [2.24, 2.45) is 0 Å². The summed E-state index contributed by atoms with van der Waals surface area (Å²) in [5.41, 5.74) is 0.0302. The lowest BCUT2D eigenvalue weighted by molar-refractivity contribution is -0.151. The molecule has 4 unspecified atom stereocenters. The fraction of sp³-hybridized carbons (Fsp3) is 0.414. The van der Waals surface area contributed by atoms with Gasteiger partial charge in [-0.15, -0.1) is 0 Å². The Morgan fingerprint density at radius 1 is 0.491 bits per heavy atom. The molecule has 2 aliphatic heterocycles. The summed E-state index contributed by atoms with van der Waals surface area (Å²) in [5.74, 6) is 3.70. The van der Waals surface area contributed by atoms with Gasteiger partial charge in [0.1, 0.15) is 4.83 Å². The Morgan fingerprint density at radius 3 is 1.24 bits per heavy atom. The van der Waals surface area contributed by atoms with Crippen LogP contribution in [0.25, 0.3) is 0 Å². The van der Waals surface area contributed by atoms with Crippen LogP contribution in [0.1, 0.15) is 44.1 Å². The molecule has 36 heteroatoms. The van der Waals surface area contributed by atoms with Gasteiger partial charge in [0.25, 0.3) is 10.1 Å². The van der Waals surface area contributed by atoms with E-state index in [9.17, 15) is 37.5 Å². The number of carbonyl (C=O) groups is 5. The zero-order valence-corrected chi connectivity index (χ0v) is 70.4. The van der Waals surface area contributed by atoms with Crippen molar-refractivity contribution in [2.75, 3.05) is 119 Å². The van der Waals surface area contributed by atoms with Gasteiger partial charge in [-0.1, -0.05) is 33.6 Å². The highest BCUT2D eigenvalue weighted by molar-refractivity contribution is 9.11. The van der Waals surface area contributed by atoms with Crippen LogP contribution in [0.15, 0.2) is 112 Å². The van der Waals surface area contributed by atoms with Gasteiger partial charge in [0, 0.05) is 45.1 Å². The van der Waals surface area contributed by atoms with E-state index in [0.29, 0.717) is 124 Å². The second kappa shape index (κ2) is 45.3. The number of alkyl halides is 1. The van der Waals surface area contributed by atoms with Crippen LogP contribution in [0.4, 0.5) is 0 Å². The van der Waals surface area contributed by atoms with Gasteiger partial charge in [0.2, 0.25) is 34.3 Å². The van der Waals surface area contributed by atoms with Crippen LogP contribution in [0.5, 0.6) is 86.2 Å². The van der Waals surface area contributed by atoms with Crippen LogP contribution >= 0.6 is 95.6 Å².